The highest BCUT2D eigenvalue weighted by Crippen LogP contribution is 2.29. The van der Waals surface area contributed by atoms with Crippen molar-refractivity contribution in [3.63, 3.8) is 0 Å². The van der Waals surface area contributed by atoms with Crippen molar-refractivity contribution in [1.82, 2.24) is 9.62 Å². The van der Waals surface area contributed by atoms with Gasteiger partial charge in [-0.2, -0.15) is 16.1 Å². The number of nitrogens with one attached hydrogen (secondary N) is 1. The molecule has 1 N–H and O–H groups in total. The van der Waals surface area contributed by atoms with E-state index in [0.29, 0.717) is 16.8 Å². The van der Waals surface area contributed by atoms with Crippen LogP contribution < -0.4 is 5.32 Å². The summed E-state index contributed by atoms with van der Waals surface area (Å²) in [6, 6.07) is 4.55. The van der Waals surface area contributed by atoms with E-state index < -0.39 is 10.0 Å². The van der Waals surface area contributed by atoms with Gasteiger partial charge in [0, 0.05) is 41.6 Å². The van der Waals surface area contributed by atoms with E-state index in [4.69, 9.17) is 0 Å². The molecule has 3 rings (SSSR count). The van der Waals surface area contributed by atoms with Crippen molar-refractivity contribution in [2.24, 2.45) is 0 Å². The fourth-order valence-electron chi connectivity index (χ4n) is 2.50. The molecule has 118 valence electrons. The molecule has 1 aliphatic heterocycles. The first kappa shape index (κ1) is 15.8. The van der Waals surface area contributed by atoms with E-state index in [2.05, 4.69) is 5.32 Å². The first-order valence-electron chi connectivity index (χ1n) is 7.49. The third-order valence-corrected chi connectivity index (χ3v) is 8.70. The van der Waals surface area contributed by atoms with E-state index in [9.17, 15) is 8.42 Å². The molecule has 2 heterocycles. The maximum absolute atomic E-state index is 12.7. The number of sulfonamides is 1. The van der Waals surface area contributed by atoms with Crippen LogP contribution in [-0.4, -0.2) is 49.4 Å². The second-order valence-electron chi connectivity index (χ2n) is 5.74. The van der Waals surface area contributed by atoms with Gasteiger partial charge in [0.1, 0.15) is 4.21 Å². The summed E-state index contributed by atoms with van der Waals surface area (Å²) in [6.45, 7) is 3.57. The van der Waals surface area contributed by atoms with Gasteiger partial charge in [0.15, 0.2) is 0 Å². The van der Waals surface area contributed by atoms with Crippen molar-refractivity contribution in [2.45, 2.75) is 42.5 Å². The van der Waals surface area contributed by atoms with E-state index in [0.717, 1.165) is 29.3 Å². The molecular weight excluding hydrogens is 324 g/mol. The van der Waals surface area contributed by atoms with Crippen molar-refractivity contribution >= 4 is 33.1 Å². The summed E-state index contributed by atoms with van der Waals surface area (Å²) < 4.78 is 27.6. The van der Waals surface area contributed by atoms with Gasteiger partial charge < -0.3 is 5.32 Å². The third kappa shape index (κ3) is 3.82. The Kier molecular flexibility index (Phi) is 4.95. The Bertz CT molecular complexity index is 581. The monoisotopic (exact) mass is 346 g/mol. The molecule has 21 heavy (non-hydrogen) atoms. The summed E-state index contributed by atoms with van der Waals surface area (Å²) in [4.78, 5) is 1.15. The molecule has 1 aromatic heterocycles. The zero-order valence-corrected chi connectivity index (χ0v) is 14.7. The van der Waals surface area contributed by atoms with Crippen molar-refractivity contribution in [2.75, 3.05) is 24.6 Å². The second-order valence-corrected chi connectivity index (χ2v) is 10.2. The van der Waals surface area contributed by atoms with Gasteiger partial charge in [-0.3, -0.25) is 0 Å². The Balaban J connectivity index is 1.65. The van der Waals surface area contributed by atoms with Gasteiger partial charge >= 0.3 is 0 Å². The molecule has 7 heteroatoms. The van der Waals surface area contributed by atoms with Gasteiger partial charge in [-0.1, -0.05) is 0 Å². The predicted octanol–water partition coefficient (Wildman–Crippen LogP) is 2.17. The van der Waals surface area contributed by atoms with Crippen LogP contribution in [-0.2, 0) is 16.4 Å². The lowest BCUT2D eigenvalue weighted by atomic mass is 10.3. The summed E-state index contributed by atoms with van der Waals surface area (Å²) in [5.41, 5.74) is 0. The van der Waals surface area contributed by atoms with Gasteiger partial charge in [0.2, 0.25) is 0 Å². The molecule has 1 unspecified atom stereocenters. The van der Waals surface area contributed by atoms with Gasteiger partial charge in [0.25, 0.3) is 10.0 Å². The molecule has 2 fully saturated rings. The molecule has 2 aliphatic rings. The minimum Gasteiger partial charge on any atom is -0.314 e. The Hall–Kier alpha value is -0.0800. The van der Waals surface area contributed by atoms with Crippen molar-refractivity contribution < 1.29 is 8.42 Å². The summed E-state index contributed by atoms with van der Waals surface area (Å²) in [5, 5.41) is 3.47. The molecule has 0 aromatic carbocycles. The number of rotatable bonds is 6. The maximum Gasteiger partial charge on any atom is 0.252 e. The number of nitrogens with zero attached hydrogens (tertiary/aromatic N) is 1. The van der Waals surface area contributed by atoms with Crippen molar-refractivity contribution in [3.8, 4) is 0 Å². The highest BCUT2D eigenvalue weighted by atomic mass is 32.2. The Morgan fingerprint density at radius 2 is 2.19 bits per heavy atom. The molecule has 1 saturated heterocycles. The molecular formula is C14H22N2O2S3. The molecule has 0 bridgehead atoms. The lowest BCUT2D eigenvalue weighted by Crippen LogP contribution is -2.44. The SMILES string of the molecule is CC1CSCCN1S(=O)(=O)c1ccc(CCNC2CC2)s1. The van der Waals surface area contributed by atoms with Crippen LogP contribution in [0, 0.1) is 0 Å². The normalized spacial score (nSPS) is 24.3. The van der Waals surface area contributed by atoms with Gasteiger partial charge in [-0.25, -0.2) is 8.42 Å². The summed E-state index contributed by atoms with van der Waals surface area (Å²) in [5.74, 6) is 1.79. The van der Waals surface area contributed by atoms with Crippen molar-refractivity contribution in [1.29, 1.82) is 0 Å². The number of thiophene rings is 1. The molecule has 1 atom stereocenters. The van der Waals surface area contributed by atoms with E-state index in [1.807, 2.05) is 24.8 Å². The smallest absolute Gasteiger partial charge is 0.252 e. The molecule has 0 spiro atoms. The van der Waals surface area contributed by atoms with E-state index in [1.165, 1.54) is 24.2 Å². The standard InChI is InChI=1S/C14H22N2O2S3/c1-11-10-19-9-8-16(11)21(17,18)14-5-4-13(20-14)6-7-15-12-2-3-12/h4-5,11-12,15H,2-3,6-10H2,1H3. The Morgan fingerprint density at radius 3 is 2.90 bits per heavy atom. The molecule has 0 radical (unpaired) electrons. The van der Waals surface area contributed by atoms with E-state index >= 15 is 0 Å². The van der Waals surface area contributed by atoms with Crippen LogP contribution in [0.2, 0.25) is 0 Å². The van der Waals surface area contributed by atoms with Crippen LogP contribution in [0.1, 0.15) is 24.6 Å². The summed E-state index contributed by atoms with van der Waals surface area (Å²) in [7, 11) is -3.30. The minimum atomic E-state index is -3.30. The van der Waals surface area contributed by atoms with Crippen LogP contribution in [0.3, 0.4) is 0 Å². The lowest BCUT2D eigenvalue weighted by Gasteiger charge is -2.31. The largest absolute Gasteiger partial charge is 0.314 e. The van der Waals surface area contributed by atoms with Crippen LogP contribution >= 0.6 is 23.1 Å². The third-order valence-electron chi connectivity index (χ3n) is 3.89. The second kappa shape index (κ2) is 6.58. The fourth-order valence-corrected chi connectivity index (χ4v) is 6.84. The minimum absolute atomic E-state index is 0.0934. The number of hydrogen-bond acceptors (Lipinski definition) is 5. The van der Waals surface area contributed by atoms with Crippen molar-refractivity contribution in [3.05, 3.63) is 17.0 Å². The fraction of sp³-hybridized carbons (Fsp3) is 0.714. The zero-order valence-electron chi connectivity index (χ0n) is 12.2. The quantitative estimate of drug-likeness (QED) is 0.858. The average Bonchev–Trinajstić information content (AvgIpc) is 3.14. The van der Waals surface area contributed by atoms with Gasteiger partial charge in [0.05, 0.1) is 0 Å². The van der Waals surface area contributed by atoms with Crippen LogP contribution in [0.25, 0.3) is 0 Å². The number of hydrogen-bond donors (Lipinski definition) is 1. The van der Waals surface area contributed by atoms with E-state index in [1.54, 1.807) is 10.4 Å². The summed E-state index contributed by atoms with van der Waals surface area (Å²) >= 11 is 3.26. The van der Waals surface area contributed by atoms with E-state index in [-0.39, 0.29) is 6.04 Å². The molecule has 0 amide bonds. The molecule has 4 nitrogen and oxygen atoms in total. The lowest BCUT2D eigenvalue weighted by molar-refractivity contribution is 0.368. The number of thioether (sulfide) groups is 1. The molecule has 1 aromatic rings. The van der Waals surface area contributed by atoms with Crippen LogP contribution in [0.4, 0.5) is 0 Å². The molecule has 1 aliphatic carbocycles. The maximum atomic E-state index is 12.7. The molecule has 1 saturated carbocycles. The van der Waals surface area contributed by atoms with Gasteiger partial charge in [-0.15, -0.1) is 11.3 Å². The highest BCUT2D eigenvalue weighted by molar-refractivity contribution is 7.99. The average molecular weight is 347 g/mol. The zero-order chi connectivity index (χ0) is 14.9. The first-order chi connectivity index (χ1) is 10.1. The first-order valence-corrected chi connectivity index (χ1v) is 10.9. The Labute approximate surface area is 135 Å². The van der Waals surface area contributed by atoms with Crippen LogP contribution in [0.15, 0.2) is 16.3 Å². The van der Waals surface area contributed by atoms with Gasteiger partial charge in [-0.05, 0) is 38.3 Å². The van der Waals surface area contributed by atoms with Crippen LogP contribution in [0.5, 0.6) is 0 Å². The predicted molar refractivity (Wildman–Crippen MR) is 89.7 cm³/mol. The Morgan fingerprint density at radius 1 is 1.38 bits per heavy atom. The summed E-state index contributed by atoms with van der Waals surface area (Å²) in [6.07, 6.45) is 3.49. The highest BCUT2D eigenvalue weighted by Gasteiger charge is 2.32. The topological polar surface area (TPSA) is 49.4 Å².